The van der Waals surface area contributed by atoms with Crippen LogP contribution >= 0.6 is 0 Å². The van der Waals surface area contributed by atoms with E-state index in [1.807, 2.05) is 0 Å². The standard InChI is InChI=1S/C15H26N6O/c1-11(2)13-9-19-21(15(16)17-3)14(13)18-10-22-12-5-7-20(4)8-6-12/h9-12H,5-8H2,1-4H3,(H2,16,17). The summed E-state index contributed by atoms with van der Waals surface area (Å²) in [6.07, 6.45) is 5.59. The van der Waals surface area contributed by atoms with Gasteiger partial charge in [0.15, 0.2) is 12.2 Å². The third kappa shape index (κ3) is 3.85. The number of nitrogens with two attached hydrogens (primary N) is 1. The molecule has 0 aliphatic carbocycles. The van der Waals surface area contributed by atoms with Crippen LogP contribution in [0.5, 0.6) is 0 Å². The van der Waals surface area contributed by atoms with Crippen molar-refractivity contribution in [1.29, 1.82) is 0 Å². The van der Waals surface area contributed by atoms with Crippen molar-refractivity contribution in [3.63, 3.8) is 0 Å². The first-order valence-electron chi connectivity index (χ1n) is 7.70. The quantitative estimate of drug-likeness (QED) is 0.676. The van der Waals surface area contributed by atoms with Crippen LogP contribution in [-0.4, -0.2) is 60.3 Å². The molecule has 1 aromatic heterocycles. The minimum Gasteiger partial charge on any atom is -0.480 e. The van der Waals surface area contributed by atoms with Crippen molar-refractivity contribution in [3.05, 3.63) is 11.8 Å². The van der Waals surface area contributed by atoms with Gasteiger partial charge in [-0.05, 0) is 25.8 Å². The summed E-state index contributed by atoms with van der Waals surface area (Å²) < 4.78 is 7.31. The lowest BCUT2D eigenvalue weighted by Crippen LogP contribution is -2.34. The molecular formula is C15H26N6O. The Kier molecular flexibility index (Phi) is 5.54. The van der Waals surface area contributed by atoms with Crippen LogP contribution in [0.1, 0.15) is 38.2 Å². The Morgan fingerprint density at radius 1 is 1.45 bits per heavy atom. The maximum Gasteiger partial charge on any atom is 0.218 e. The number of hydrogen-bond donors (Lipinski definition) is 1. The Labute approximate surface area is 131 Å². The van der Waals surface area contributed by atoms with Crippen molar-refractivity contribution < 1.29 is 4.74 Å². The number of piperidine rings is 1. The molecule has 7 nitrogen and oxygen atoms in total. The Morgan fingerprint density at radius 3 is 2.73 bits per heavy atom. The van der Waals surface area contributed by atoms with Gasteiger partial charge in [0.2, 0.25) is 5.96 Å². The highest BCUT2D eigenvalue weighted by Gasteiger charge is 2.18. The van der Waals surface area contributed by atoms with E-state index in [2.05, 4.69) is 40.9 Å². The molecule has 1 aliphatic heterocycles. The van der Waals surface area contributed by atoms with Crippen LogP contribution in [0.4, 0.5) is 5.82 Å². The summed E-state index contributed by atoms with van der Waals surface area (Å²) in [4.78, 5) is 10.7. The second kappa shape index (κ2) is 7.40. The summed E-state index contributed by atoms with van der Waals surface area (Å²) in [5.41, 5.74) is 6.89. The summed E-state index contributed by atoms with van der Waals surface area (Å²) >= 11 is 0. The van der Waals surface area contributed by atoms with Crippen molar-refractivity contribution in [1.82, 2.24) is 14.7 Å². The monoisotopic (exact) mass is 306 g/mol. The molecule has 2 heterocycles. The molecule has 0 saturated carbocycles. The Hall–Kier alpha value is -1.89. The van der Waals surface area contributed by atoms with Crippen molar-refractivity contribution in [2.45, 2.75) is 38.7 Å². The van der Waals surface area contributed by atoms with Gasteiger partial charge in [-0.2, -0.15) is 9.78 Å². The van der Waals surface area contributed by atoms with Gasteiger partial charge < -0.3 is 15.4 Å². The molecule has 0 radical (unpaired) electrons. The van der Waals surface area contributed by atoms with Gasteiger partial charge in [0, 0.05) is 25.7 Å². The second-order valence-electron chi connectivity index (χ2n) is 5.95. The van der Waals surface area contributed by atoms with Crippen molar-refractivity contribution >= 4 is 18.2 Å². The van der Waals surface area contributed by atoms with E-state index in [4.69, 9.17) is 10.5 Å². The van der Waals surface area contributed by atoms with Gasteiger partial charge >= 0.3 is 0 Å². The molecule has 0 amide bonds. The summed E-state index contributed by atoms with van der Waals surface area (Å²) in [6.45, 7) is 6.31. The van der Waals surface area contributed by atoms with Crippen LogP contribution in [0.25, 0.3) is 0 Å². The fourth-order valence-corrected chi connectivity index (χ4v) is 2.44. The number of ether oxygens (including phenoxy) is 1. The lowest BCUT2D eigenvalue weighted by molar-refractivity contribution is 0.111. The summed E-state index contributed by atoms with van der Waals surface area (Å²) in [7, 11) is 3.76. The molecule has 7 heteroatoms. The Balaban J connectivity index is 2.10. The van der Waals surface area contributed by atoms with E-state index < -0.39 is 0 Å². The Bertz CT molecular complexity index is 540. The minimum atomic E-state index is 0.232. The van der Waals surface area contributed by atoms with Gasteiger partial charge in [0.05, 0.1) is 6.20 Å². The Morgan fingerprint density at radius 2 is 2.14 bits per heavy atom. The smallest absolute Gasteiger partial charge is 0.218 e. The molecule has 0 unspecified atom stereocenters. The van der Waals surface area contributed by atoms with E-state index in [1.54, 1.807) is 17.9 Å². The molecule has 2 rings (SSSR count). The maximum atomic E-state index is 5.87. The largest absolute Gasteiger partial charge is 0.480 e. The van der Waals surface area contributed by atoms with Crippen molar-refractivity contribution in [3.8, 4) is 0 Å². The van der Waals surface area contributed by atoms with Gasteiger partial charge in [-0.3, -0.25) is 4.99 Å². The van der Waals surface area contributed by atoms with Crippen LogP contribution in [0.3, 0.4) is 0 Å². The second-order valence-corrected chi connectivity index (χ2v) is 5.95. The molecule has 22 heavy (non-hydrogen) atoms. The van der Waals surface area contributed by atoms with E-state index in [9.17, 15) is 0 Å². The van der Waals surface area contributed by atoms with Crippen LogP contribution in [0.15, 0.2) is 16.2 Å². The van der Waals surface area contributed by atoms with Crippen LogP contribution in [-0.2, 0) is 4.74 Å². The molecule has 1 aliphatic rings. The first kappa shape index (κ1) is 16.5. The third-order valence-electron chi connectivity index (χ3n) is 3.93. The molecular weight excluding hydrogens is 280 g/mol. The van der Waals surface area contributed by atoms with Gasteiger partial charge in [-0.25, -0.2) is 4.99 Å². The predicted octanol–water partition coefficient (Wildman–Crippen LogP) is 1.57. The SMILES string of the molecule is CN=C(N)n1ncc(C(C)C)c1N=COC1CCN(C)CC1. The zero-order valence-corrected chi connectivity index (χ0v) is 13.9. The molecule has 0 spiro atoms. The lowest BCUT2D eigenvalue weighted by atomic mass is 10.1. The molecule has 0 bridgehead atoms. The molecule has 2 N–H and O–H groups in total. The number of likely N-dealkylation sites (tertiary alicyclic amines) is 1. The average molecular weight is 306 g/mol. The van der Waals surface area contributed by atoms with E-state index in [0.29, 0.717) is 17.7 Å². The van der Waals surface area contributed by atoms with E-state index >= 15 is 0 Å². The lowest BCUT2D eigenvalue weighted by Gasteiger charge is -2.27. The number of rotatable bonds is 4. The predicted molar refractivity (Wildman–Crippen MR) is 89.0 cm³/mol. The van der Waals surface area contributed by atoms with Gasteiger partial charge in [-0.15, -0.1) is 0 Å². The van der Waals surface area contributed by atoms with E-state index in [0.717, 1.165) is 31.5 Å². The summed E-state index contributed by atoms with van der Waals surface area (Å²) in [6, 6.07) is 0. The average Bonchev–Trinajstić information content (AvgIpc) is 2.92. The number of hydrogen-bond acceptors (Lipinski definition) is 5. The molecule has 0 atom stereocenters. The molecule has 0 aromatic carbocycles. The topological polar surface area (TPSA) is 81.0 Å². The summed E-state index contributed by atoms with van der Waals surface area (Å²) in [5, 5.41) is 4.27. The highest BCUT2D eigenvalue weighted by Crippen LogP contribution is 2.26. The van der Waals surface area contributed by atoms with Gasteiger partial charge in [-0.1, -0.05) is 13.8 Å². The fourth-order valence-electron chi connectivity index (χ4n) is 2.44. The number of nitrogens with zero attached hydrogens (tertiary/aromatic N) is 5. The number of aliphatic imine (C=N–C) groups is 2. The highest BCUT2D eigenvalue weighted by molar-refractivity contribution is 5.83. The normalized spacial score (nSPS) is 18.5. The highest BCUT2D eigenvalue weighted by atomic mass is 16.5. The molecule has 1 aromatic rings. The molecule has 122 valence electrons. The zero-order valence-electron chi connectivity index (χ0n) is 13.9. The fraction of sp³-hybridized carbons (Fsp3) is 0.667. The maximum absolute atomic E-state index is 5.87. The number of aromatic nitrogens is 2. The first-order valence-corrected chi connectivity index (χ1v) is 7.70. The van der Waals surface area contributed by atoms with Crippen LogP contribution < -0.4 is 5.73 Å². The van der Waals surface area contributed by atoms with Crippen LogP contribution in [0, 0.1) is 0 Å². The molecule has 1 saturated heterocycles. The van der Waals surface area contributed by atoms with Gasteiger partial charge in [0.1, 0.15) is 6.10 Å². The van der Waals surface area contributed by atoms with E-state index in [-0.39, 0.29) is 6.10 Å². The first-order chi connectivity index (χ1) is 10.5. The molecule has 1 fully saturated rings. The summed E-state index contributed by atoms with van der Waals surface area (Å²) in [5.74, 6) is 1.30. The van der Waals surface area contributed by atoms with Gasteiger partial charge in [0.25, 0.3) is 0 Å². The van der Waals surface area contributed by atoms with Crippen molar-refractivity contribution in [2.75, 3.05) is 27.2 Å². The van der Waals surface area contributed by atoms with E-state index in [1.165, 1.54) is 6.40 Å². The zero-order chi connectivity index (χ0) is 16.1. The van der Waals surface area contributed by atoms with Crippen molar-refractivity contribution in [2.24, 2.45) is 15.7 Å². The third-order valence-corrected chi connectivity index (χ3v) is 3.93. The van der Waals surface area contributed by atoms with Crippen LogP contribution in [0.2, 0.25) is 0 Å². The minimum absolute atomic E-state index is 0.232.